The maximum Gasteiger partial charge on any atom is 0.163 e. The smallest absolute Gasteiger partial charge is 0.163 e. The minimum atomic E-state index is -0.579. The zero-order valence-electron chi connectivity index (χ0n) is 19.1. The van der Waals surface area contributed by atoms with Gasteiger partial charge in [0.25, 0.3) is 0 Å². The summed E-state index contributed by atoms with van der Waals surface area (Å²) in [7, 11) is 0. The molecule has 2 aromatic heterocycles. The van der Waals surface area contributed by atoms with Crippen LogP contribution in [0, 0.1) is 5.92 Å². The Morgan fingerprint density at radius 1 is 1.09 bits per heavy atom. The molecule has 6 rings (SSSR count). The van der Waals surface area contributed by atoms with Gasteiger partial charge in [-0.05, 0) is 69.2 Å². The van der Waals surface area contributed by atoms with Gasteiger partial charge in [-0.2, -0.15) is 0 Å². The predicted octanol–water partition coefficient (Wildman–Crippen LogP) is 3.09. The maximum atomic E-state index is 6.43. The molecular formula is C25H30N6O2. The van der Waals surface area contributed by atoms with Gasteiger partial charge in [0.05, 0.1) is 17.7 Å². The summed E-state index contributed by atoms with van der Waals surface area (Å²) >= 11 is 0. The average Bonchev–Trinajstić information content (AvgIpc) is 3.43. The van der Waals surface area contributed by atoms with Crippen LogP contribution in [0.3, 0.4) is 0 Å². The Bertz CT molecular complexity index is 1210. The van der Waals surface area contributed by atoms with Crippen LogP contribution < -0.4 is 16.4 Å². The maximum absolute atomic E-state index is 6.43. The summed E-state index contributed by atoms with van der Waals surface area (Å²) in [4.78, 5) is 15.6. The predicted molar refractivity (Wildman–Crippen MR) is 128 cm³/mol. The van der Waals surface area contributed by atoms with Gasteiger partial charge in [-0.25, -0.2) is 15.0 Å². The lowest BCUT2D eigenvalue weighted by Gasteiger charge is -2.31. The SMILES string of the molecule is CC1(C)O[C@@H]2[C@@H](CCc3ccc4ccc(N)nc4c3)CC(N3CCc4c(N)ncnc43)[C@@H]2O1. The van der Waals surface area contributed by atoms with Gasteiger partial charge in [-0.1, -0.05) is 12.1 Å². The van der Waals surface area contributed by atoms with E-state index >= 15 is 0 Å². The number of rotatable bonds is 4. The van der Waals surface area contributed by atoms with Gasteiger partial charge in [0.2, 0.25) is 0 Å². The number of hydrogen-bond acceptors (Lipinski definition) is 8. The van der Waals surface area contributed by atoms with Gasteiger partial charge >= 0.3 is 0 Å². The third kappa shape index (κ3) is 3.57. The molecular weight excluding hydrogens is 416 g/mol. The minimum absolute atomic E-state index is 0.0187. The summed E-state index contributed by atoms with van der Waals surface area (Å²) in [6.45, 7) is 4.91. The zero-order chi connectivity index (χ0) is 22.7. The number of anilines is 3. The summed E-state index contributed by atoms with van der Waals surface area (Å²) in [5.41, 5.74) is 15.3. The van der Waals surface area contributed by atoms with Gasteiger partial charge in [-0.3, -0.25) is 0 Å². The molecule has 33 heavy (non-hydrogen) atoms. The fourth-order valence-corrected chi connectivity index (χ4v) is 5.90. The van der Waals surface area contributed by atoms with Gasteiger partial charge in [0.15, 0.2) is 5.79 Å². The van der Waals surface area contributed by atoms with E-state index in [-0.39, 0.29) is 18.2 Å². The van der Waals surface area contributed by atoms with Crippen molar-refractivity contribution in [1.29, 1.82) is 0 Å². The van der Waals surface area contributed by atoms with Crippen LogP contribution >= 0.6 is 0 Å². The third-order valence-electron chi connectivity index (χ3n) is 7.36. The van der Waals surface area contributed by atoms with Crippen LogP contribution in [0.5, 0.6) is 0 Å². The number of ether oxygens (including phenoxy) is 2. The molecule has 4 N–H and O–H groups in total. The highest BCUT2D eigenvalue weighted by Gasteiger charge is 2.55. The third-order valence-corrected chi connectivity index (χ3v) is 7.36. The van der Waals surface area contributed by atoms with Crippen LogP contribution in [0.25, 0.3) is 10.9 Å². The molecule has 3 aromatic rings. The van der Waals surface area contributed by atoms with Crippen molar-refractivity contribution >= 4 is 28.4 Å². The first-order chi connectivity index (χ1) is 15.9. The zero-order valence-corrected chi connectivity index (χ0v) is 19.1. The Labute approximate surface area is 193 Å². The van der Waals surface area contributed by atoms with Crippen molar-refractivity contribution in [3.05, 3.63) is 47.8 Å². The molecule has 0 radical (unpaired) electrons. The lowest BCUT2D eigenvalue weighted by molar-refractivity contribution is -0.158. The Morgan fingerprint density at radius 2 is 1.91 bits per heavy atom. The Morgan fingerprint density at radius 3 is 2.79 bits per heavy atom. The van der Waals surface area contributed by atoms with E-state index in [1.807, 2.05) is 26.0 Å². The van der Waals surface area contributed by atoms with Crippen molar-refractivity contribution in [2.75, 3.05) is 22.9 Å². The number of nitrogens with zero attached hydrogens (tertiary/aromatic N) is 4. The average molecular weight is 447 g/mol. The van der Waals surface area contributed by atoms with E-state index in [1.54, 1.807) is 6.33 Å². The van der Waals surface area contributed by atoms with Gasteiger partial charge < -0.3 is 25.8 Å². The minimum Gasteiger partial charge on any atom is -0.384 e. The summed E-state index contributed by atoms with van der Waals surface area (Å²) in [5, 5.41) is 1.11. The van der Waals surface area contributed by atoms with Gasteiger partial charge in [-0.15, -0.1) is 0 Å². The van der Waals surface area contributed by atoms with Crippen LogP contribution in [-0.2, 0) is 22.3 Å². The lowest BCUT2D eigenvalue weighted by atomic mass is 9.95. The number of fused-ring (bicyclic) bond motifs is 3. The highest BCUT2D eigenvalue weighted by Crippen LogP contribution is 2.47. The van der Waals surface area contributed by atoms with Crippen LogP contribution in [0.15, 0.2) is 36.7 Å². The molecule has 3 aliphatic rings. The first-order valence-corrected chi connectivity index (χ1v) is 11.7. The summed E-state index contributed by atoms with van der Waals surface area (Å²) in [5.74, 6) is 1.91. The van der Waals surface area contributed by atoms with Crippen LogP contribution in [0.4, 0.5) is 17.5 Å². The van der Waals surface area contributed by atoms with Crippen LogP contribution in [-0.4, -0.2) is 45.5 Å². The Hall–Kier alpha value is -2.97. The molecule has 1 unspecified atom stereocenters. The van der Waals surface area contributed by atoms with E-state index in [0.29, 0.717) is 17.6 Å². The molecule has 0 spiro atoms. The largest absolute Gasteiger partial charge is 0.384 e. The number of pyridine rings is 1. The second kappa shape index (κ2) is 7.53. The number of nitrogen functional groups attached to an aromatic ring is 2. The molecule has 1 aliphatic carbocycles. The van der Waals surface area contributed by atoms with Crippen molar-refractivity contribution < 1.29 is 9.47 Å². The molecule has 8 heteroatoms. The molecule has 0 bridgehead atoms. The fraction of sp³-hybridized carbons (Fsp3) is 0.480. The van der Waals surface area contributed by atoms with E-state index in [0.717, 1.165) is 54.5 Å². The summed E-state index contributed by atoms with van der Waals surface area (Å²) in [6.07, 6.45) is 5.52. The molecule has 1 saturated carbocycles. The molecule has 4 atom stereocenters. The van der Waals surface area contributed by atoms with Crippen molar-refractivity contribution in [3.63, 3.8) is 0 Å². The van der Waals surface area contributed by atoms with Gasteiger partial charge in [0, 0.05) is 17.5 Å². The van der Waals surface area contributed by atoms with Crippen molar-refractivity contribution in [2.45, 2.75) is 63.6 Å². The molecule has 1 aromatic carbocycles. The first kappa shape index (κ1) is 20.6. The molecule has 172 valence electrons. The highest BCUT2D eigenvalue weighted by molar-refractivity contribution is 5.80. The summed E-state index contributed by atoms with van der Waals surface area (Å²) < 4.78 is 12.9. The Balaban J connectivity index is 1.23. The molecule has 2 fully saturated rings. The molecule has 2 aliphatic heterocycles. The van der Waals surface area contributed by atoms with E-state index in [4.69, 9.17) is 20.9 Å². The highest BCUT2D eigenvalue weighted by atomic mass is 16.8. The molecule has 1 saturated heterocycles. The monoisotopic (exact) mass is 446 g/mol. The molecule has 8 nitrogen and oxygen atoms in total. The van der Waals surface area contributed by atoms with Crippen LogP contribution in [0.1, 0.15) is 37.8 Å². The van der Waals surface area contributed by atoms with Crippen molar-refractivity contribution in [2.24, 2.45) is 5.92 Å². The van der Waals surface area contributed by atoms with Crippen molar-refractivity contribution in [3.8, 4) is 0 Å². The lowest BCUT2D eigenvalue weighted by Crippen LogP contribution is -2.43. The number of benzene rings is 1. The van der Waals surface area contributed by atoms with E-state index in [1.165, 1.54) is 5.56 Å². The quantitative estimate of drug-likeness (QED) is 0.629. The summed E-state index contributed by atoms with van der Waals surface area (Å²) in [6, 6.07) is 10.5. The molecule has 4 heterocycles. The van der Waals surface area contributed by atoms with Crippen molar-refractivity contribution in [1.82, 2.24) is 15.0 Å². The Kier molecular flexibility index (Phi) is 4.71. The normalized spacial score (nSPS) is 27.8. The second-order valence-electron chi connectivity index (χ2n) is 9.93. The van der Waals surface area contributed by atoms with Crippen LogP contribution in [0.2, 0.25) is 0 Å². The topological polar surface area (TPSA) is 112 Å². The standard InChI is InChI=1S/C25H30N6O2/c1-25(2)32-21-16(6-4-14-3-5-15-7-8-20(26)30-18(15)11-14)12-19(22(21)33-25)31-10-9-17-23(27)28-13-29-24(17)31/h3,5,7-8,11,13,16,19,21-22H,4,6,9-10,12H2,1-2H3,(H2,26,30)(H2,27,28,29)/t16-,19?,21+,22-/m0/s1. The fourth-order valence-electron chi connectivity index (χ4n) is 5.90. The first-order valence-electron chi connectivity index (χ1n) is 11.7. The number of aryl methyl sites for hydroxylation is 1. The molecule has 0 amide bonds. The second-order valence-corrected chi connectivity index (χ2v) is 9.93. The van der Waals surface area contributed by atoms with E-state index in [2.05, 4.69) is 38.1 Å². The number of hydrogen-bond donors (Lipinski definition) is 2. The van der Waals surface area contributed by atoms with Gasteiger partial charge in [0.1, 0.15) is 29.9 Å². The number of aromatic nitrogens is 3. The van der Waals surface area contributed by atoms with E-state index < -0.39 is 5.79 Å². The van der Waals surface area contributed by atoms with E-state index in [9.17, 15) is 0 Å². The number of nitrogens with two attached hydrogens (primary N) is 2.